The Morgan fingerprint density at radius 3 is 2.14 bits per heavy atom. The number of benzene rings is 2. The summed E-state index contributed by atoms with van der Waals surface area (Å²) in [6.45, 7) is 3.56. The van der Waals surface area contributed by atoms with Gasteiger partial charge in [-0.15, -0.1) is 0 Å². The molecule has 8 nitrogen and oxygen atoms in total. The normalized spacial score (nSPS) is 17.9. The SMILES string of the molecule is CO[C@H](C)[C@H](NC(=O)CC(C)(NC(=O)OCC1c2ccccc2-c2ccccc21)C1CC1)C(=O)O. The molecule has 186 valence electrons. The van der Waals surface area contributed by atoms with E-state index in [0.717, 1.165) is 35.1 Å². The zero-order chi connectivity index (χ0) is 25.2. The van der Waals surface area contributed by atoms with Gasteiger partial charge in [0, 0.05) is 19.4 Å². The van der Waals surface area contributed by atoms with E-state index in [9.17, 15) is 19.5 Å². The first-order valence-electron chi connectivity index (χ1n) is 11.9. The summed E-state index contributed by atoms with van der Waals surface area (Å²) in [6.07, 6.45) is 0.421. The average molecular weight is 481 g/mol. The van der Waals surface area contributed by atoms with Gasteiger partial charge in [-0.25, -0.2) is 9.59 Å². The Hall–Kier alpha value is -3.39. The van der Waals surface area contributed by atoms with E-state index in [1.165, 1.54) is 7.11 Å². The number of fused-ring (bicyclic) bond motifs is 3. The van der Waals surface area contributed by atoms with Gasteiger partial charge in [0.15, 0.2) is 6.04 Å². The Morgan fingerprint density at radius 1 is 1.06 bits per heavy atom. The van der Waals surface area contributed by atoms with Gasteiger partial charge in [-0.3, -0.25) is 4.79 Å². The number of hydrogen-bond acceptors (Lipinski definition) is 5. The number of hydrogen-bond donors (Lipinski definition) is 3. The monoisotopic (exact) mass is 480 g/mol. The Labute approximate surface area is 205 Å². The van der Waals surface area contributed by atoms with E-state index >= 15 is 0 Å². The highest BCUT2D eigenvalue weighted by molar-refractivity contribution is 5.85. The summed E-state index contributed by atoms with van der Waals surface area (Å²) in [5.74, 6) is -1.58. The summed E-state index contributed by atoms with van der Waals surface area (Å²) < 4.78 is 10.7. The van der Waals surface area contributed by atoms with Crippen molar-refractivity contribution >= 4 is 18.0 Å². The van der Waals surface area contributed by atoms with Crippen LogP contribution in [0.5, 0.6) is 0 Å². The number of alkyl carbamates (subject to hydrolysis) is 1. The second kappa shape index (κ2) is 10.1. The molecule has 0 saturated heterocycles. The molecule has 0 aliphatic heterocycles. The highest BCUT2D eigenvalue weighted by atomic mass is 16.5. The Bertz CT molecular complexity index is 1070. The van der Waals surface area contributed by atoms with Crippen LogP contribution in [0.1, 0.15) is 50.2 Å². The predicted molar refractivity (Wildman–Crippen MR) is 130 cm³/mol. The van der Waals surface area contributed by atoms with Crippen LogP contribution in [0.3, 0.4) is 0 Å². The molecule has 0 bridgehead atoms. The Kier molecular flexibility index (Phi) is 7.12. The van der Waals surface area contributed by atoms with Gasteiger partial charge in [0.2, 0.25) is 5.91 Å². The molecular weight excluding hydrogens is 448 g/mol. The lowest BCUT2D eigenvalue weighted by Gasteiger charge is -2.31. The summed E-state index contributed by atoms with van der Waals surface area (Å²) in [6, 6.07) is 15.0. The standard InChI is InChI=1S/C27H32N2O6/c1-16(34-3)24(25(31)32)28-23(30)14-27(2,17-12-13-17)29-26(33)35-15-22-20-10-6-4-8-18(20)19-9-5-7-11-21(19)22/h4-11,16-17,22,24H,12-15H2,1-3H3,(H,28,30)(H,29,33)(H,31,32)/t16-,24+,27?/m1/s1. The first-order chi connectivity index (χ1) is 16.7. The maximum absolute atomic E-state index is 12.9. The van der Waals surface area contributed by atoms with Crippen molar-refractivity contribution in [2.24, 2.45) is 5.92 Å². The van der Waals surface area contributed by atoms with Crippen LogP contribution in [-0.2, 0) is 19.1 Å². The van der Waals surface area contributed by atoms with Crippen molar-refractivity contribution in [2.45, 2.75) is 56.7 Å². The summed E-state index contributed by atoms with van der Waals surface area (Å²) in [7, 11) is 1.39. The molecule has 1 fully saturated rings. The zero-order valence-electron chi connectivity index (χ0n) is 20.2. The first-order valence-corrected chi connectivity index (χ1v) is 11.9. The second-order valence-corrected chi connectivity index (χ2v) is 9.64. The van der Waals surface area contributed by atoms with Crippen molar-refractivity contribution in [3.63, 3.8) is 0 Å². The molecule has 35 heavy (non-hydrogen) atoms. The number of carboxylic acids is 1. The lowest BCUT2D eigenvalue weighted by atomic mass is 9.91. The fourth-order valence-electron chi connectivity index (χ4n) is 4.95. The first kappa shape index (κ1) is 24.7. The summed E-state index contributed by atoms with van der Waals surface area (Å²) >= 11 is 0. The number of methoxy groups -OCH3 is 1. The van der Waals surface area contributed by atoms with Crippen molar-refractivity contribution < 1.29 is 29.0 Å². The van der Waals surface area contributed by atoms with Gasteiger partial charge in [-0.2, -0.15) is 0 Å². The topological polar surface area (TPSA) is 114 Å². The molecule has 1 saturated carbocycles. The highest BCUT2D eigenvalue weighted by Gasteiger charge is 2.45. The third-order valence-electron chi connectivity index (χ3n) is 7.16. The minimum Gasteiger partial charge on any atom is -0.480 e. The van der Waals surface area contributed by atoms with Crippen LogP contribution in [0.2, 0.25) is 0 Å². The van der Waals surface area contributed by atoms with Crippen LogP contribution in [0.25, 0.3) is 11.1 Å². The molecule has 2 amide bonds. The van der Waals surface area contributed by atoms with E-state index in [1.807, 2.05) is 24.3 Å². The van der Waals surface area contributed by atoms with E-state index in [4.69, 9.17) is 9.47 Å². The van der Waals surface area contributed by atoms with E-state index in [-0.39, 0.29) is 24.9 Å². The van der Waals surface area contributed by atoms with Gasteiger partial charge in [0.05, 0.1) is 11.6 Å². The Morgan fingerprint density at radius 2 is 1.63 bits per heavy atom. The minimum absolute atomic E-state index is 0.0535. The molecule has 1 unspecified atom stereocenters. The molecular formula is C27H32N2O6. The van der Waals surface area contributed by atoms with Crippen LogP contribution in [0.4, 0.5) is 4.79 Å². The number of carboxylic acid groups (broad SMARTS) is 1. The number of carbonyl (C=O) groups excluding carboxylic acids is 2. The number of aliphatic carboxylic acids is 1. The van der Waals surface area contributed by atoms with Crippen molar-refractivity contribution in [3.05, 3.63) is 59.7 Å². The van der Waals surface area contributed by atoms with Gasteiger partial charge in [-0.1, -0.05) is 48.5 Å². The predicted octanol–water partition coefficient (Wildman–Crippen LogP) is 3.69. The van der Waals surface area contributed by atoms with Crippen LogP contribution in [-0.4, -0.2) is 54.5 Å². The highest BCUT2D eigenvalue weighted by Crippen LogP contribution is 2.45. The number of amides is 2. The number of nitrogens with one attached hydrogen (secondary N) is 2. The van der Waals surface area contributed by atoms with Gasteiger partial charge in [-0.05, 0) is 54.9 Å². The number of ether oxygens (including phenoxy) is 2. The summed E-state index contributed by atoms with van der Waals surface area (Å²) in [5, 5.41) is 14.8. The quantitative estimate of drug-likeness (QED) is 0.478. The molecule has 2 aromatic carbocycles. The fraction of sp³-hybridized carbons (Fsp3) is 0.444. The zero-order valence-corrected chi connectivity index (χ0v) is 20.2. The number of rotatable bonds is 10. The molecule has 0 heterocycles. The molecule has 0 spiro atoms. The third kappa shape index (κ3) is 5.32. The van der Waals surface area contributed by atoms with Crippen molar-refractivity contribution in [1.82, 2.24) is 10.6 Å². The maximum atomic E-state index is 12.9. The largest absolute Gasteiger partial charge is 0.480 e. The molecule has 8 heteroatoms. The van der Waals surface area contributed by atoms with Crippen LogP contribution >= 0.6 is 0 Å². The molecule has 3 atom stereocenters. The van der Waals surface area contributed by atoms with Gasteiger partial charge in [0.25, 0.3) is 0 Å². The minimum atomic E-state index is -1.18. The molecule has 2 aromatic rings. The van der Waals surface area contributed by atoms with Crippen molar-refractivity contribution in [3.8, 4) is 11.1 Å². The lowest BCUT2D eigenvalue weighted by molar-refractivity contribution is -0.145. The summed E-state index contributed by atoms with van der Waals surface area (Å²) in [5.41, 5.74) is 3.70. The molecule has 3 N–H and O–H groups in total. The van der Waals surface area contributed by atoms with E-state index < -0.39 is 35.7 Å². The number of carbonyl (C=O) groups is 3. The van der Waals surface area contributed by atoms with Crippen molar-refractivity contribution in [1.29, 1.82) is 0 Å². The second-order valence-electron chi connectivity index (χ2n) is 9.64. The fourth-order valence-corrected chi connectivity index (χ4v) is 4.95. The van der Waals surface area contributed by atoms with Crippen LogP contribution in [0, 0.1) is 5.92 Å². The molecule has 0 aromatic heterocycles. The van der Waals surface area contributed by atoms with Crippen molar-refractivity contribution in [2.75, 3.05) is 13.7 Å². The van der Waals surface area contributed by atoms with E-state index in [2.05, 4.69) is 34.9 Å². The molecule has 4 rings (SSSR count). The van der Waals surface area contributed by atoms with Gasteiger partial charge >= 0.3 is 12.1 Å². The lowest BCUT2D eigenvalue weighted by Crippen LogP contribution is -2.54. The van der Waals surface area contributed by atoms with Crippen LogP contribution in [0.15, 0.2) is 48.5 Å². The molecule has 2 aliphatic rings. The van der Waals surface area contributed by atoms with Gasteiger partial charge in [0.1, 0.15) is 6.61 Å². The summed E-state index contributed by atoms with van der Waals surface area (Å²) in [4.78, 5) is 37.1. The molecule has 0 radical (unpaired) electrons. The van der Waals surface area contributed by atoms with Crippen LogP contribution < -0.4 is 10.6 Å². The maximum Gasteiger partial charge on any atom is 0.407 e. The average Bonchev–Trinajstić information content (AvgIpc) is 3.65. The third-order valence-corrected chi connectivity index (χ3v) is 7.16. The van der Waals surface area contributed by atoms with E-state index in [0.29, 0.717) is 0 Å². The van der Waals surface area contributed by atoms with E-state index in [1.54, 1.807) is 13.8 Å². The smallest absolute Gasteiger partial charge is 0.407 e. The van der Waals surface area contributed by atoms with Gasteiger partial charge < -0.3 is 25.2 Å². The Balaban J connectivity index is 1.40. The molecule has 2 aliphatic carbocycles.